The van der Waals surface area contributed by atoms with Crippen molar-refractivity contribution >= 4 is 34.3 Å². The Hall–Kier alpha value is -5.30. The minimum absolute atomic E-state index is 0.0199. The highest BCUT2D eigenvalue weighted by atomic mass is 19.1. The van der Waals surface area contributed by atoms with Gasteiger partial charge in [0.2, 0.25) is 11.8 Å². The molecule has 242 valence electrons. The fourth-order valence-electron chi connectivity index (χ4n) is 6.64. The third-order valence-corrected chi connectivity index (χ3v) is 9.18. The third-order valence-electron chi connectivity index (χ3n) is 9.18. The molecule has 3 amide bonds. The molecule has 3 aliphatic rings. The topological polar surface area (TPSA) is 137 Å². The fourth-order valence-corrected chi connectivity index (χ4v) is 6.64. The van der Waals surface area contributed by atoms with Crippen molar-refractivity contribution in [2.45, 2.75) is 32.0 Å². The zero-order valence-corrected chi connectivity index (χ0v) is 26.0. The minimum Gasteiger partial charge on any atom is -0.497 e. The maximum atomic E-state index is 15.7. The molecule has 4 heterocycles. The number of amides is 3. The number of hydrogen-bond donors (Lipinski definition) is 2. The lowest BCUT2D eigenvalue weighted by atomic mass is 10.0. The van der Waals surface area contributed by atoms with Crippen LogP contribution in [-0.4, -0.2) is 83.9 Å². The molecule has 3 aromatic carbocycles. The van der Waals surface area contributed by atoms with Gasteiger partial charge in [-0.3, -0.25) is 29.4 Å². The summed E-state index contributed by atoms with van der Waals surface area (Å²) in [7, 11) is 3.04. The number of nitrogens with zero attached hydrogens (tertiary/aromatic N) is 4. The van der Waals surface area contributed by atoms with E-state index in [2.05, 4.69) is 25.1 Å². The number of halogens is 1. The number of ether oxygens (including phenoxy) is 2. The summed E-state index contributed by atoms with van der Waals surface area (Å²) in [4.78, 5) is 63.3. The summed E-state index contributed by atoms with van der Waals surface area (Å²) in [6.07, 6.45) is 0.381. The molecule has 13 heteroatoms. The lowest BCUT2D eigenvalue weighted by Gasteiger charge is -2.36. The van der Waals surface area contributed by atoms with Crippen molar-refractivity contribution in [3.8, 4) is 22.9 Å². The molecule has 1 unspecified atom stereocenters. The Bertz CT molecular complexity index is 1970. The van der Waals surface area contributed by atoms with Crippen LogP contribution in [0.5, 0.6) is 11.5 Å². The number of benzene rings is 3. The predicted molar refractivity (Wildman–Crippen MR) is 171 cm³/mol. The molecule has 12 nitrogen and oxygen atoms in total. The van der Waals surface area contributed by atoms with Gasteiger partial charge in [-0.2, -0.15) is 0 Å². The van der Waals surface area contributed by atoms with Crippen LogP contribution in [0.4, 0.5) is 10.1 Å². The lowest BCUT2D eigenvalue weighted by molar-refractivity contribution is -0.136. The van der Waals surface area contributed by atoms with E-state index in [9.17, 15) is 19.2 Å². The maximum absolute atomic E-state index is 15.7. The first-order chi connectivity index (χ1) is 22.7. The predicted octanol–water partition coefficient (Wildman–Crippen LogP) is 2.83. The first kappa shape index (κ1) is 30.4. The molecule has 0 saturated carbocycles. The van der Waals surface area contributed by atoms with Gasteiger partial charge in [0.05, 0.1) is 25.3 Å². The van der Waals surface area contributed by atoms with Gasteiger partial charge in [-0.1, -0.05) is 12.1 Å². The SMILES string of the molecule is COc1cc(OC)c2c(=O)[nH]c(-c3ccc(N4CCN(Cc5ccc6c(c5F)C(=O)N(C5CCC(=O)NC5=O)C6)CC4)cc3)nc2c1. The maximum Gasteiger partial charge on any atom is 0.262 e. The highest BCUT2D eigenvalue weighted by molar-refractivity contribution is 6.05. The number of methoxy groups -OCH3 is 2. The molecule has 1 atom stereocenters. The number of imide groups is 1. The van der Waals surface area contributed by atoms with Crippen LogP contribution in [-0.2, 0) is 22.7 Å². The summed E-state index contributed by atoms with van der Waals surface area (Å²) < 4.78 is 26.4. The number of hydrogen-bond acceptors (Lipinski definition) is 9. The van der Waals surface area contributed by atoms with Gasteiger partial charge in [0.25, 0.3) is 11.5 Å². The van der Waals surface area contributed by atoms with E-state index in [1.165, 1.54) is 12.0 Å². The molecule has 4 aromatic rings. The van der Waals surface area contributed by atoms with E-state index in [0.29, 0.717) is 59.0 Å². The van der Waals surface area contributed by atoms with E-state index in [4.69, 9.17) is 9.47 Å². The molecular formula is C34H33FN6O6. The molecule has 7 rings (SSSR count). The highest BCUT2D eigenvalue weighted by Gasteiger charge is 2.41. The number of fused-ring (bicyclic) bond motifs is 2. The molecule has 47 heavy (non-hydrogen) atoms. The second-order valence-electron chi connectivity index (χ2n) is 11.9. The molecule has 0 bridgehead atoms. The van der Waals surface area contributed by atoms with Crippen LogP contribution in [0.2, 0.25) is 0 Å². The fraction of sp³-hybridized carbons (Fsp3) is 0.324. The Morgan fingerprint density at radius 3 is 2.43 bits per heavy atom. The summed E-state index contributed by atoms with van der Waals surface area (Å²) in [5.41, 5.74) is 2.94. The highest BCUT2D eigenvalue weighted by Crippen LogP contribution is 2.32. The Morgan fingerprint density at radius 1 is 0.957 bits per heavy atom. The van der Waals surface area contributed by atoms with E-state index >= 15 is 4.39 Å². The Balaban J connectivity index is 1.00. The molecule has 0 spiro atoms. The number of nitrogens with one attached hydrogen (secondary N) is 2. The molecule has 3 aliphatic heterocycles. The smallest absolute Gasteiger partial charge is 0.262 e. The standard InChI is InChI=1S/C34H33FN6O6/c1-46-23-15-24-29(26(16-23)47-2)33(44)38-31(36-24)19-5-7-22(8-6-19)40-13-11-39(12-14-40)17-21-4-3-20-18-41(34(45)28(20)30(21)35)25-9-10-27(42)37-32(25)43/h3-8,15-16,25H,9-14,17-18H2,1-2H3,(H,36,38,44)(H,37,42,43). The van der Waals surface area contributed by atoms with Gasteiger partial charge in [0.1, 0.15) is 34.6 Å². The van der Waals surface area contributed by atoms with Crippen LogP contribution in [0, 0.1) is 5.82 Å². The molecular weight excluding hydrogens is 607 g/mol. The van der Waals surface area contributed by atoms with Gasteiger partial charge in [0.15, 0.2) is 0 Å². The normalized spacial score (nSPS) is 18.4. The van der Waals surface area contributed by atoms with E-state index in [-0.39, 0.29) is 36.4 Å². The van der Waals surface area contributed by atoms with Gasteiger partial charge >= 0.3 is 0 Å². The van der Waals surface area contributed by atoms with Crippen molar-refractivity contribution in [1.29, 1.82) is 0 Å². The van der Waals surface area contributed by atoms with Crippen molar-refractivity contribution in [2.75, 3.05) is 45.3 Å². The largest absolute Gasteiger partial charge is 0.497 e. The summed E-state index contributed by atoms with van der Waals surface area (Å²) in [6.45, 7) is 3.33. The quantitative estimate of drug-likeness (QED) is 0.292. The van der Waals surface area contributed by atoms with Gasteiger partial charge in [-0.25, -0.2) is 9.37 Å². The second kappa shape index (κ2) is 12.1. The van der Waals surface area contributed by atoms with E-state index < -0.39 is 23.7 Å². The average Bonchev–Trinajstić information content (AvgIpc) is 3.41. The Kier molecular flexibility index (Phi) is 7.84. The average molecular weight is 641 g/mol. The number of H-pyrrole nitrogens is 1. The second-order valence-corrected chi connectivity index (χ2v) is 11.9. The number of carbonyl (C=O) groups is 3. The molecule has 0 aliphatic carbocycles. The van der Waals surface area contributed by atoms with Crippen molar-refractivity contribution in [2.24, 2.45) is 0 Å². The molecule has 0 radical (unpaired) electrons. The van der Waals surface area contributed by atoms with Crippen molar-refractivity contribution < 1.29 is 28.2 Å². The number of piperazine rings is 1. The number of carbonyl (C=O) groups excluding carboxylic acids is 3. The number of piperidine rings is 1. The molecule has 2 saturated heterocycles. The van der Waals surface area contributed by atoms with Crippen LogP contribution in [0.15, 0.2) is 53.3 Å². The third kappa shape index (κ3) is 5.56. The zero-order chi connectivity index (χ0) is 32.8. The summed E-state index contributed by atoms with van der Waals surface area (Å²) >= 11 is 0. The van der Waals surface area contributed by atoms with Crippen molar-refractivity contribution in [3.05, 3.63) is 81.4 Å². The van der Waals surface area contributed by atoms with Crippen LogP contribution in [0.1, 0.15) is 34.3 Å². The minimum atomic E-state index is -0.781. The van der Waals surface area contributed by atoms with Gasteiger partial charge in [-0.15, -0.1) is 0 Å². The van der Waals surface area contributed by atoms with Gasteiger partial charge in [-0.05, 0) is 36.2 Å². The summed E-state index contributed by atoms with van der Waals surface area (Å²) in [6, 6.07) is 13.9. The summed E-state index contributed by atoms with van der Waals surface area (Å²) in [5, 5.41) is 2.63. The Labute approximate surface area is 269 Å². The lowest BCUT2D eigenvalue weighted by Crippen LogP contribution is -2.52. The summed E-state index contributed by atoms with van der Waals surface area (Å²) in [5.74, 6) is -0.570. The van der Waals surface area contributed by atoms with E-state index in [1.807, 2.05) is 24.3 Å². The monoisotopic (exact) mass is 640 g/mol. The molecule has 2 N–H and O–H groups in total. The Morgan fingerprint density at radius 2 is 1.72 bits per heavy atom. The zero-order valence-electron chi connectivity index (χ0n) is 26.0. The van der Waals surface area contributed by atoms with Gasteiger partial charge in [0, 0.05) is 74.6 Å². The number of anilines is 1. The van der Waals surface area contributed by atoms with Crippen LogP contribution < -0.4 is 25.2 Å². The first-order valence-electron chi connectivity index (χ1n) is 15.4. The van der Waals surface area contributed by atoms with E-state index in [0.717, 1.165) is 24.3 Å². The van der Waals surface area contributed by atoms with Crippen molar-refractivity contribution in [1.82, 2.24) is 25.1 Å². The number of rotatable bonds is 7. The van der Waals surface area contributed by atoms with Crippen LogP contribution in [0.25, 0.3) is 22.3 Å². The van der Waals surface area contributed by atoms with Crippen molar-refractivity contribution in [3.63, 3.8) is 0 Å². The molecule has 1 aromatic heterocycles. The van der Waals surface area contributed by atoms with Crippen LogP contribution in [0.3, 0.4) is 0 Å². The van der Waals surface area contributed by atoms with Gasteiger partial charge < -0.3 is 24.3 Å². The number of aromatic amines is 1. The van der Waals surface area contributed by atoms with Crippen LogP contribution >= 0.6 is 0 Å². The first-order valence-corrected chi connectivity index (χ1v) is 15.4. The van der Waals surface area contributed by atoms with E-state index in [1.54, 1.807) is 31.4 Å². The molecule has 2 fully saturated rings. The number of aromatic nitrogens is 2.